The average molecular weight is 327 g/mol. The van der Waals surface area contributed by atoms with Gasteiger partial charge in [-0.05, 0) is 18.2 Å². The lowest BCUT2D eigenvalue weighted by Gasteiger charge is -2.07. The van der Waals surface area contributed by atoms with E-state index in [0.717, 1.165) is 11.5 Å². The third-order valence-electron chi connectivity index (χ3n) is 2.69. The van der Waals surface area contributed by atoms with Gasteiger partial charge in [0, 0.05) is 17.8 Å². The molecule has 1 amide bonds. The number of thioether (sulfide) groups is 1. The Morgan fingerprint density at radius 3 is 3.00 bits per heavy atom. The van der Waals surface area contributed by atoms with Crippen molar-refractivity contribution in [2.24, 2.45) is 12.9 Å². The molecule has 1 aromatic heterocycles. The van der Waals surface area contributed by atoms with Crippen molar-refractivity contribution in [3.05, 3.63) is 35.1 Å². The number of carbonyl (C=O) groups is 1. The number of amides is 1. The first-order valence-electron chi connectivity index (χ1n) is 6.10. The molecule has 112 valence electrons. The number of halogens is 1. The molecule has 9 heteroatoms. The highest BCUT2D eigenvalue weighted by atomic mass is 35.5. The third kappa shape index (κ3) is 4.35. The molecule has 2 rings (SSSR count). The van der Waals surface area contributed by atoms with Crippen molar-refractivity contribution >= 4 is 35.0 Å². The van der Waals surface area contributed by atoms with E-state index >= 15 is 0 Å². The molecule has 0 aliphatic rings. The van der Waals surface area contributed by atoms with E-state index in [9.17, 15) is 4.79 Å². The smallest absolute Gasteiger partial charge is 0.244 e. The fraction of sp³-hybridized carbons (Fsp3) is 0.250. The van der Waals surface area contributed by atoms with Crippen molar-refractivity contribution in [3.63, 3.8) is 0 Å². The van der Waals surface area contributed by atoms with Crippen molar-refractivity contribution in [2.75, 3.05) is 11.1 Å². The molecule has 0 radical (unpaired) electrons. The Hall–Kier alpha value is -1.77. The van der Waals surface area contributed by atoms with Gasteiger partial charge >= 0.3 is 0 Å². The van der Waals surface area contributed by atoms with Gasteiger partial charge < -0.3 is 9.88 Å². The molecule has 0 saturated heterocycles. The Morgan fingerprint density at radius 2 is 2.29 bits per heavy atom. The molecule has 0 fully saturated rings. The zero-order valence-corrected chi connectivity index (χ0v) is 12.9. The van der Waals surface area contributed by atoms with Crippen molar-refractivity contribution in [1.82, 2.24) is 20.2 Å². The van der Waals surface area contributed by atoms with Crippen molar-refractivity contribution in [2.45, 2.75) is 11.7 Å². The van der Waals surface area contributed by atoms with Gasteiger partial charge in [0.15, 0.2) is 11.0 Å². The fourth-order valence-electron chi connectivity index (χ4n) is 1.58. The Labute approximate surface area is 131 Å². The van der Waals surface area contributed by atoms with Gasteiger partial charge in [-0.2, -0.15) is 0 Å². The van der Waals surface area contributed by atoms with Crippen LogP contribution in [0.1, 0.15) is 5.82 Å². The quantitative estimate of drug-likeness (QED) is 0.319. The van der Waals surface area contributed by atoms with Gasteiger partial charge in [-0.15, -0.1) is 10.2 Å². The largest absolute Gasteiger partial charge is 0.378 e. The average Bonchev–Trinajstić information content (AvgIpc) is 2.83. The second-order valence-electron chi connectivity index (χ2n) is 4.18. The molecule has 0 aliphatic carbocycles. The maximum atomic E-state index is 11.1. The zero-order valence-electron chi connectivity index (χ0n) is 11.3. The molecular weight excluding hydrogens is 312 g/mol. The van der Waals surface area contributed by atoms with Crippen LogP contribution < -0.4 is 16.6 Å². The topological polar surface area (TPSA) is 97.9 Å². The molecule has 0 unspecified atom stereocenters. The highest BCUT2D eigenvalue weighted by molar-refractivity contribution is 7.99. The molecule has 1 aromatic carbocycles. The second kappa shape index (κ2) is 7.30. The van der Waals surface area contributed by atoms with Crippen LogP contribution in [0.5, 0.6) is 0 Å². The number of benzene rings is 1. The minimum atomic E-state index is -0.262. The first kappa shape index (κ1) is 15.6. The molecule has 0 bridgehead atoms. The van der Waals surface area contributed by atoms with Crippen LogP contribution in [0.3, 0.4) is 0 Å². The van der Waals surface area contributed by atoms with Crippen LogP contribution in [-0.2, 0) is 18.4 Å². The summed E-state index contributed by atoms with van der Waals surface area (Å²) in [5.74, 6) is 5.72. The van der Waals surface area contributed by atoms with E-state index in [1.807, 2.05) is 35.9 Å². The van der Waals surface area contributed by atoms with Gasteiger partial charge in [-0.3, -0.25) is 10.2 Å². The molecule has 4 N–H and O–H groups in total. The number of nitrogens with one attached hydrogen (secondary N) is 2. The number of hydrogen-bond donors (Lipinski definition) is 3. The van der Waals surface area contributed by atoms with Gasteiger partial charge in [0.1, 0.15) is 0 Å². The first-order valence-corrected chi connectivity index (χ1v) is 7.46. The second-order valence-corrected chi connectivity index (χ2v) is 5.56. The normalized spacial score (nSPS) is 10.4. The van der Waals surface area contributed by atoms with Crippen LogP contribution in [0, 0.1) is 0 Å². The summed E-state index contributed by atoms with van der Waals surface area (Å²) >= 11 is 7.20. The van der Waals surface area contributed by atoms with Gasteiger partial charge in [-0.1, -0.05) is 29.4 Å². The summed E-state index contributed by atoms with van der Waals surface area (Å²) in [6, 6.07) is 7.43. The number of nitrogens with two attached hydrogens (primary N) is 1. The van der Waals surface area contributed by atoms with E-state index in [1.165, 1.54) is 11.8 Å². The molecule has 7 nitrogen and oxygen atoms in total. The van der Waals surface area contributed by atoms with Crippen molar-refractivity contribution < 1.29 is 4.79 Å². The lowest BCUT2D eigenvalue weighted by molar-refractivity contribution is -0.118. The number of rotatable bonds is 6. The summed E-state index contributed by atoms with van der Waals surface area (Å²) in [4.78, 5) is 11.1. The van der Waals surface area contributed by atoms with Crippen molar-refractivity contribution in [1.29, 1.82) is 0 Å². The van der Waals surface area contributed by atoms with E-state index < -0.39 is 0 Å². The van der Waals surface area contributed by atoms with E-state index in [-0.39, 0.29) is 11.7 Å². The van der Waals surface area contributed by atoms with E-state index in [4.69, 9.17) is 17.4 Å². The predicted molar refractivity (Wildman–Crippen MR) is 82.8 cm³/mol. The SMILES string of the molecule is Cn1c(CNc2cccc(Cl)c2)nnc1SCC(=O)NN. The van der Waals surface area contributed by atoms with Gasteiger partial charge in [0.05, 0.1) is 12.3 Å². The van der Waals surface area contributed by atoms with Crippen LogP contribution >= 0.6 is 23.4 Å². The van der Waals surface area contributed by atoms with Crippen molar-refractivity contribution in [3.8, 4) is 0 Å². The van der Waals surface area contributed by atoms with E-state index in [1.54, 1.807) is 0 Å². The van der Waals surface area contributed by atoms with E-state index in [0.29, 0.717) is 16.7 Å². The van der Waals surface area contributed by atoms with Crippen LogP contribution in [0.25, 0.3) is 0 Å². The van der Waals surface area contributed by atoms with Gasteiger partial charge in [-0.25, -0.2) is 5.84 Å². The molecular formula is C12H15ClN6OS. The van der Waals surface area contributed by atoms with E-state index in [2.05, 4.69) is 20.9 Å². The molecule has 1 heterocycles. The summed E-state index contributed by atoms with van der Waals surface area (Å²) < 4.78 is 1.83. The Balaban J connectivity index is 1.95. The van der Waals surface area contributed by atoms with Gasteiger partial charge in [0.25, 0.3) is 0 Å². The minimum Gasteiger partial charge on any atom is -0.378 e. The highest BCUT2D eigenvalue weighted by Gasteiger charge is 2.10. The molecule has 0 spiro atoms. The highest BCUT2D eigenvalue weighted by Crippen LogP contribution is 2.18. The summed E-state index contributed by atoms with van der Waals surface area (Å²) in [6.45, 7) is 0.507. The maximum absolute atomic E-state index is 11.1. The molecule has 0 aliphatic heterocycles. The lowest BCUT2D eigenvalue weighted by atomic mass is 10.3. The number of hydrogen-bond acceptors (Lipinski definition) is 6. The number of hydrazine groups is 1. The molecule has 2 aromatic rings. The summed E-state index contributed by atoms with van der Waals surface area (Å²) in [5, 5.41) is 12.7. The zero-order chi connectivity index (χ0) is 15.2. The number of carbonyl (C=O) groups excluding carboxylic acids is 1. The van der Waals surface area contributed by atoms with Gasteiger partial charge in [0.2, 0.25) is 5.91 Å². The number of aromatic nitrogens is 3. The third-order valence-corrected chi connectivity index (χ3v) is 3.95. The maximum Gasteiger partial charge on any atom is 0.244 e. The number of anilines is 1. The fourth-order valence-corrected chi connectivity index (χ4v) is 2.51. The lowest BCUT2D eigenvalue weighted by Crippen LogP contribution is -2.31. The molecule has 0 atom stereocenters. The summed E-state index contributed by atoms with van der Waals surface area (Å²) in [6.07, 6.45) is 0. The monoisotopic (exact) mass is 326 g/mol. The first-order chi connectivity index (χ1) is 10.1. The number of nitrogens with zero attached hydrogens (tertiary/aromatic N) is 3. The molecule has 21 heavy (non-hydrogen) atoms. The summed E-state index contributed by atoms with van der Waals surface area (Å²) in [7, 11) is 1.84. The van der Waals surface area contributed by atoms with Crippen LogP contribution in [0.15, 0.2) is 29.4 Å². The minimum absolute atomic E-state index is 0.199. The Bertz CT molecular complexity index is 632. The predicted octanol–water partition coefficient (Wildman–Crippen LogP) is 1.16. The Morgan fingerprint density at radius 1 is 1.48 bits per heavy atom. The van der Waals surface area contributed by atoms with Crippen LogP contribution in [0.2, 0.25) is 5.02 Å². The van der Waals surface area contributed by atoms with Crippen LogP contribution in [-0.4, -0.2) is 26.4 Å². The standard InChI is InChI=1S/C12H15ClN6OS/c1-19-10(6-15-9-4-2-3-8(13)5-9)17-18-12(19)21-7-11(20)16-14/h2-5,15H,6-7,14H2,1H3,(H,16,20). The Kier molecular flexibility index (Phi) is 5.43. The van der Waals surface area contributed by atoms with Crippen LogP contribution in [0.4, 0.5) is 5.69 Å². The molecule has 0 saturated carbocycles. The summed E-state index contributed by atoms with van der Waals surface area (Å²) in [5.41, 5.74) is 2.98.